The number of para-hydroxylation sites is 1. The van der Waals surface area contributed by atoms with Crippen molar-refractivity contribution in [2.24, 2.45) is 0 Å². The lowest BCUT2D eigenvalue weighted by Gasteiger charge is -2.35. The number of amides is 3. The van der Waals surface area contributed by atoms with Crippen LogP contribution < -0.4 is 20.9 Å². The second-order valence-corrected chi connectivity index (χ2v) is 9.94. The molecule has 5 rings (SSSR count). The smallest absolute Gasteiger partial charge is 0.319 e. The van der Waals surface area contributed by atoms with Gasteiger partial charge in [0.15, 0.2) is 0 Å². The van der Waals surface area contributed by atoms with Gasteiger partial charge in [0, 0.05) is 35.5 Å². The van der Waals surface area contributed by atoms with E-state index in [1.54, 1.807) is 18.2 Å². The molecule has 3 aromatic rings. The molecule has 1 aliphatic carbocycles. The van der Waals surface area contributed by atoms with Crippen molar-refractivity contribution in [1.29, 1.82) is 0 Å². The average molecular weight is 503 g/mol. The van der Waals surface area contributed by atoms with Crippen LogP contribution in [0.4, 0.5) is 16.2 Å². The first-order valence-electron chi connectivity index (χ1n) is 12.6. The molecule has 0 aromatic heterocycles. The Labute approximate surface area is 217 Å². The SMILES string of the molecule is O=C(Nc1cccc(Cl)c1)NC1CCN(c2ccccc2C(=O)NC2CCCc3ccccc32)CC1. The van der Waals surface area contributed by atoms with Gasteiger partial charge in [-0.25, -0.2) is 4.79 Å². The number of nitrogens with zero attached hydrogens (tertiary/aromatic N) is 1. The molecule has 1 heterocycles. The van der Waals surface area contributed by atoms with Gasteiger partial charge in [-0.2, -0.15) is 0 Å². The zero-order chi connectivity index (χ0) is 24.9. The number of urea groups is 1. The molecular formula is C29H31ClN4O2. The van der Waals surface area contributed by atoms with Gasteiger partial charge in [-0.05, 0) is 73.6 Å². The van der Waals surface area contributed by atoms with Gasteiger partial charge in [0.2, 0.25) is 0 Å². The van der Waals surface area contributed by atoms with E-state index in [2.05, 4.69) is 39.0 Å². The summed E-state index contributed by atoms with van der Waals surface area (Å²) in [6.07, 6.45) is 4.71. The summed E-state index contributed by atoms with van der Waals surface area (Å²) < 4.78 is 0. The zero-order valence-corrected chi connectivity index (χ0v) is 20.9. The highest BCUT2D eigenvalue weighted by atomic mass is 35.5. The van der Waals surface area contributed by atoms with Crippen LogP contribution in [0, 0.1) is 0 Å². The minimum atomic E-state index is -0.233. The van der Waals surface area contributed by atoms with Crippen LogP contribution in [0.25, 0.3) is 0 Å². The fraction of sp³-hybridized carbons (Fsp3) is 0.310. The Hall–Kier alpha value is -3.51. The van der Waals surface area contributed by atoms with Crippen LogP contribution in [0.3, 0.4) is 0 Å². The number of halogens is 1. The van der Waals surface area contributed by atoms with Crippen molar-refractivity contribution < 1.29 is 9.59 Å². The number of carbonyl (C=O) groups is 2. The lowest BCUT2D eigenvalue weighted by atomic mass is 9.87. The van der Waals surface area contributed by atoms with E-state index in [0.717, 1.165) is 50.9 Å². The number of piperidine rings is 1. The number of hydrogen-bond acceptors (Lipinski definition) is 3. The Morgan fingerprint density at radius 1 is 0.861 bits per heavy atom. The zero-order valence-electron chi connectivity index (χ0n) is 20.2. The summed E-state index contributed by atoms with van der Waals surface area (Å²) in [6.45, 7) is 1.53. The number of aryl methyl sites for hydroxylation is 1. The highest BCUT2D eigenvalue weighted by Gasteiger charge is 2.26. The van der Waals surface area contributed by atoms with E-state index in [1.165, 1.54) is 11.1 Å². The molecule has 3 aromatic carbocycles. The van der Waals surface area contributed by atoms with E-state index in [4.69, 9.17) is 11.6 Å². The predicted molar refractivity (Wildman–Crippen MR) is 145 cm³/mol. The Morgan fingerprint density at radius 2 is 1.64 bits per heavy atom. The first-order chi connectivity index (χ1) is 17.6. The van der Waals surface area contributed by atoms with Crippen molar-refractivity contribution in [2.75, 3.05) is 23.3 Å². The second kappa shape index (κ2) is 11.0. The van der Waals surface area contributed by atoms with Gasteiger partial charge in [-0.3, -0.25) is 4.79 Å². The van der Waals surface area contributed by atoms with Crippen LogP contribution in [0.5, 0.6) is 0 Å². The summed E-state index contributed by atoms with van der Waals surface area (Å²) >= 11 is 6.00. The second-order valence-electron chi connectivity index (χ2n) is 9.50. The molecule has 0 spiro atoms. The molecule has 0 saturated carbocycles. The number of rotatable bonds is 5. The number of fused-ring (bicyclic) bond motifs is 1. The minimum absolute atomic E-state index is 0.0338. The highest BCUT2D eigenvalue weighted by molar-refractivity contribution is 6.30. The summed E-state index contributed by atoms with van der Waals surface area (Å²) in [5.41, 5.74) is 4.87. The van der Waals surface area contributed by atoms with Gasteiger partial charge in [-0.15, -0.1) is 0 Å². The fourth-order valence-electron chi connectivity index (χ4n) is 5.26. The van der Waals surface area contributed by atoms with Crippen molar-refractivity contribution in [2.45, 2.75) is 44.2 Å². The Morgan fingerprint density at radius 3 is 2.47 bits per heavy atom. The largest absolute Gasteiger partial charge is 0.371 e. The first-order valence-corrected chi connectivity index (χ1v) is 13.0. The number of benzene rings is 3. The molecule has 1 saturated heterocycles. The Kier molecular flexibility index (Phi) is 7.42. The molecule has 186 valence electrons. The molecule has 36 heavy (non-hydrogen) atoms. The summed E-state index contributed by atoms with van der Waals surface area (Å²) in [5.74, 6) is -0.0338. The Bertz CT molecular complexity index is 1240. The molecule has 7 heteroatoms. The molecule has 6 nitrogen and oxygen atoms in total. The van der Waals surface area contributed by atoms with Crippen molar-refractivity contribution >= 4 is 34.9 Å². The maximum Gasteiger partial charge on any atom is 0.319 e. The van der Waals surface area contributed by atoms with Gasteiger partial charge >= 0.3 is 6.03 Å². The van der Waals surface area contributed by atoms with Crippen LogP contribution in [0.15, 0.2) is 72.8 Å². The predicted octanol–water partition coefficient (Wildman–Crippen LogP) is 5.94. The molecule has 0 radical (unpaired) electrons. The molecule has 1 unspecified atom stereocenters. The van der Waals surface area contributed by atoms with Gasteiger partial charge in [0.1, 0.15) is 0 Å². The average Bonchev–Trinajstić information content (AvgIpc) is 2.89. The third-order valence-electron chi connectivity index (χ3n) is 7.08. The maximum absolute atomic E-state index is 13.4. The molecular weight excluding hydrogens is 472 g/mol. The number of anilines is 2. The van der Waals surface area contributed by atoms with E-state index in [1.807, 2.05) is 36.4 Å². The molecule has 1 aliphatic heterocycles. The number of carbonyl (C=O) groups excluding carboxylic acids is 2. The normalized spacial score (nSPS) is 17.7. The molecule has 3 amide bonds. The maximum atomic E-state index is 13.4. The Balaban J connectivity index is 1.19. The molecule has 1 fully saturated rings. The number of nitrogens with one attached hydrogen (secondary N) is 3. The van der Waals surface area contributed by atoms with Gasteiger partial charge in [-0.1, -0.05) is 54.1 Å². The van der Waals surface area contributed by atoms with E-state index >= 15 is 0 Å². The van der Waals surface area contributed by atoms with Gasteiger partial charge < -0.3 is 20.9 Å². The van der Waals surface area contributed by atoms with Crippen LogP contribution in [0.1, 0.15) is 53.2 Å². The van der Waals surface area contributed by atoms with Crippen molar-refractivity contribution in [3.05, 3.63) is 94.5 Å². The van der Waals surface area contributed by atoms with Crippen molar-refractivity contribution in [3.63, 3.8) is 0 Å². The lowest BCUT2D eigenvalue weighted by molar-refractivity contribution is 0.0933. The summed E-state index contributed by atoms with van der Waals surface area (Å²) in [5, 5.41) is 9.78. The monoisotopic (exact) mass is 502 g/mol. The topological polar surface area (TPSA) is 73.5 Å². The quantitative estimate of drug-likeness (QED) is 0.404. The van der Waals surface area contributed by atoms with Gasteiger partial charge in [0.25, 0.3) is 5.91 Å². The van der Waals surface area contributed by atoms with E-state index in [-0.39, 0.29) is 24.0 Å². The van der Waals surface area contributed by atoms with Crippen LogP contribution >= 0.6 is 11.6 Å². The van der Waals surface area contributed by atoms with Crippen molar-refractivity contribution in [1.82, 2.24) is 10.6 Å². The minimum Gasteiger partial charge on any atom is -0.371 e. The van der Waals surface area contributed by atoms with E-state index < -0.39 is 0 Å². The third kappa shape index (κ3) is 5.65. The fourth-order valence-corrected chi connectivity index (χ4v) is 5.46. The number of hydrogen-bond donors (Lipinski definition) is 3. The third-order valence-corrected chi connectivity index (χ3v) is 7.31. The van der Waals surface area contributed by atoms with Crippen LogP contribution in [-0.2, 0) is 6.42 Å². The van der Waals surface area contributed by atoms with Crippen molar-refractivity contribution in [3.8, 4) is 0 Å². The standard InChI is InChI=1S/C29H31ClN4O2/c30-21-9-6-10-23(19-21)32-29(36)31-22-15-17-34(18-16-22)27-14-4-3-12-25(27)28(35)33-26-13-5-8-20-7-1-2-11-24(20)26/h1-4,6-7,9-12,14,19,22,26H,5,8,13,15-18H2,(H,33,35)(H2,31,32,36). The molecule has 1 atom stereocenters. The van der Waals surface area contributed by atoms with E-state index in [9.17, 15) is 9.59 Å². The molecule has 3 N–H and O–H groups in total. The summed E-state index contributed by atoms with van der Waals surface area (Å²) in [6, 6.07) is 23.2. The van der Waals surface area contributed by atoms with Gasteiger partial charge in [0.05, 0.1) is 11.6 Å². The van der Waals surface area contributed by atoms with Crippen LogP contribution in [0.2, 0.25) is 5.02 Å². The molecule has 2 aliphatic rings. The summed E-state index contributed by atoms with van der Waals surface area (Å²) in [7, 11) is 0. The molecule has 0 bridgehead atoms. The lowest BCUT2D eigenvalue weighted by Crippen LogP contribution is -2.46. The first kappa shape index (κ1) is 24.2. The van der Waals surface area contributed by atoms with E-state index in [0.29, 0.717) is 16.3 Å². The van der Waals surface area contributed by atoms with Crippen LogP contribution in [-0.4, -0.2) is 31.1 Å². The highest BCUT2D eigenvalue weighted by Crippen LogP contribution is 2.31. The summed E-state index contributed by atoms with van der Waals surface area (Å²) in [4.78, 5) is 28.1.